The van der Waals surface area contributed by atoms with Gasteiger partial charge in [0.2, 0.25) is 0 Å². The van der Waals surface area contributed by atoms with E-state index >= 15 is 0 Å². The van der Waals surface area contributed by atoms with Crippen molar-refractivity contribution in [3.8, 4) is 5.75 Å². The average Bonchev–Trinajstić information content (AvgIpc) is 3.55. The summed E-state index contributed by atoms with van der Waals surface area (Å²) in [6.45, 7) is 6.08. The zero-order valence-electron chi connectivity index (χ0n) is 18.0. The fourth-order valence-corrected chi connectivity index (χ4v) is 4.91. The molecular formula is C22H28BrN3O4S. The number of sulfonamides is 1. The molecule has 31 heavy (non-hydrogen) atoms. The Hall–Kier alpha value is -2.26. The maximum atomic E-state index is 13.3. The number of carbonyl (C=O) groups excluding carboxylic acids is 1. The molecule has 168 valence electrons. The summed E-state index contributed by atoms with van der Waals surface area (Å²) in [5.41, 5.74) is 1.33. The maximum absolute atomic E-state index is 13.3. The molecule has 1 aliphatic rings. The van der Waals surface area contributed by atoms with Crippen molar-refractivity contribution >= 4 is 43.2 Å². The molecule has 2 aromatic carbocycles. The van der Waals surface area contributed by atoms with Gasteiger partial charge in [0.15, 0.2) is 5.75 Å². The molecule has 0 aromatic heterocycles. The van der Waals surface area contributed by atoms with Gasteiger partial charge in [-0.1, -0.05) is 29.8 Å². The summed E-state index contributed by atoms with van der Waals surface area (Å²) < 4.78 is 29.8. The van der Waals surface area contributed by atoms with E-state index in [1.54, 1.807) is 24.3 Å². The number of phenols is 1. The monoisotopic (exact) mass is 509 g/mol. The van der Waals surface area contributed by atoms with E-state index in [4.69, 9.17) is 0 Å². The second kappa shape index (κ2) is 9.08. The molecule has 1 saturated carbocycles. The number of anilines is 2. The molecule has 0 spiro atoms. The molecule has 1 aliphatic carbocycles. The van der Waals surface area contributed by atoms with E-state index in [1.165, 1.54) is 13.1 Å². The lowest BCUT2D eigenvalue weighted by Crippen LogP contribution is -2.24. The third kappa shape index (κ3) is 5.33. The summed E-state index contributed by atoms with van der Waals surface area (Å²) in [4.78, 5) is 12.3. The summed E-state index contributed by atoms with van der Waals surface area (Å²) in [5.74, 6) is -0.313. The predicted molar refractivity (Wildman–Crippen MR) is 126 cm³/mol. The quantitative estimate of drug-likeness (QED) is 0.387. The first-order valence-corrected chi connectivity index (χ1v) is 12.5. The van der Waals surface area contributed by atoms with Crippen molar-refractivity contribution in [2.24, 2.45) is 5.92 Å². The van der Waals surface area contributed by atoms with Gasteiger partial charge in [-0.2, -0.15) is 0 Å². The number of hydrogen-bond donors (Lipinski definition) is 4. The van der Waals surface area contributed by atoms with Crippen molar-refractivity contribution in [3.63, 3.8) is 0 Å². The summed E-state index contributed by atoms with van der Waals surface area (Å²) in [6, 6.07) is 8.26. The Bertz CT molecular complexity index is 1100. The van der Waals surface area contributed by atoms with Crippen molar-refractivity contribution in [1.82, 2.24) is 5.32 Å². The Kier molecular flexibility index (Phi) is 6.85. The zero-order chi connectivity index (χ0) is 22.9. The van der Waals surface area contributed by atoms with Crippen molar-refractivity contribution in [3.05, 3.63) is 45.9 Å². The van der Waals surface area contributed by atoms with Crippen LogP contribution in [0, 0.1) is 5.92 Å². The van der Waals surface area contributed by atoms with Gasteiger partial charge in [0.25, 0.3) is 15.9 Å². The van der Waals surface area contributed by atoms with Crippen LogP contribution >= 0.6 is 15.9 Å². The van der Waals surface area contributed by atoms with Gasteiger partial charge in [-0.25, -0.2) is 8.42 Å². The zero-order valence-corrected chi connectivity index (χ0v) is 20.4. The fraction of sp³-hybridized carbons (Fsp3) is 0.409. The van der Waals surface area contributed by atoms with E-state index in [0.29, 0.717) is 16.1 Å². The molecule has 0 heterocycles. The van der Waals surface area contributed by atoms with Gasteiger partial charge in [-0.05, 0) is 67.5 Å². The molecule has 0 unspecified atom stereocenters. The maximum Gasteiger partial charge on any atom is 0.264 e. The van der Waals surface area contributed by atoms with Crippen LogP contribution in [0.25, 0.3) is 0 Å². The van der Waals surface area contributed by atoms with Crippen molar-refractivity contribution in [2.45, 2.75) is 50.5 Å². The second-order valence-electron chi connectivity index (χ2n) is 8.24. The Balaban J connectivity index is 2.04. The smallest absolute Gasteiger partial charge is 0.264 e. The molecule has 1 fully saturated rings. The first-order chi connectivity index (χ1) is 14.5. The third-order valence-corrected chi connectivity index (χ3v) is 7.41. The highest BCUT2D eigenvalue weighted by molar-refractivity contribution is 9.10. The summed E-state index contributed by atoms with van der Waals surface area (Å²) >= 11 is 3.34. The highest BCUT2D eigenvalue weighted by Gasteiger charge is 2.29. The lowest BCUT2D eigenvalue weighted by molar-refractivity contribution is 0.0960. The van der Waals surface area contributed by atoms with Gasteiger partial charge in [0, 0.05) is 17.6 Å². The minimum Gasteiger partial charge on any atom is -0.505 e. The van der Waals surface area contributed by atoms with Crippen LogP contribution < -0.4 is 15.4 Å². The van der Waals surface area contributed by atoms with Crippen LogP contribution in [0.2, 0.25) is 0 Å². The fourth-order valence-electron chi connectivity index (χ4n) is 3.14. The molecule has 2 aromatic rings. The molecule has 3 rings (SSSR count). The molecule has 0 radical (unpaired) electrons. The van der Waals surface area contributed by atoms with Crippen LogP contribution in [0.5, 0.6) is 5.75 Å². The molecule has 7 nitrogen and oxygen atoms in total. The lowest BCUT2D eigenvalue weighted by Gasteiger charge is -2.22. The van der Waals surface area contributed by atoms with Crippen LogP contribution in [-0.4, -0.2) is 32.5 Å². The van der Waals surface area contributed by atoms with Crippen LogP contribution in [0.15, 0.2) is 39.7 Å². The Morgan fingerprint density at radius 3 is 2.39 bits per heavy atom. The largest absolute Gasteiger partial charge is 0.505 e. The van der Waals surface area contributed by atoms with Gasteiger partial charge < -0.3 is 15.7 Å². The number of rotatable bonds is 8. The van der Waals surface area contributed by atoms with Crippen LogP contribution in [0.1, 0.15) is 55.5 Å². The summed E-state index contributed by atoms with van der Waals surface area (Å²) in [7, 11) is -2.60. The Morgan fingerprint density at radius 1 is 1.13 bits per heavy atom. The van der Waals surface area contributed by atoms with E-state index < -0.39 is 21.7 Å². The van der Waals surface area contributed by atoms with E-state index in [2.05, 4.69) is 31.3 Å². The lowest BCUT2D eigenvalue weighted by atomic mass is 10.0. The molecule has 1 amide bonds. The van der Waals surface area contributed by atoms with Gasteiger partial charge in [0.05, 0.1) is 16.9 Å². The van der Waals surface area contributed by atoms with Gasteiger partial charge in [0.1, 0.15) is 4.90 Å². The molecule has 0 aliphatic heterocycles. The average molecular weight is 510 g/mol. The highest BCUT2D eigenvalue weighted by Crippen LogP contribution is 2.44. The molecular weight excluding hydrogens is 482 g/mol. The van der Waals surface area contributed by atoms with Gasteiger partial charge in [-0.15, -0.1) is 0 Å². The number of amides is 1. The van der Waals surface area contributed by atoms with Crippen LogP contribution in [0.4, 0.5) is 11.4 Å². The molecule has 0 saturated heterocycles. The minimum atomic E-state index is -4.07. The third-order valence-electron chi connectivity index (χ3n) is 5.51. The Morgan fingerprint density at radius 2 is 1.81 bits per heavy atom. The first-order valence-electron chi connectivity index (χ1n) is 10.2. The first kappa shape index (κ1) is 23.4. The highest BCUT2D eigenvalue weighted by atomic mass is 79.9. The van der Waals surface area contributed by atoms with E-state index in [-0.39, 0.29) is 28.1 Å². The number of phenolic OH excluding ortho intramolecular Hbond substituents is 1. The molecule has 4 N–H and O–H groups in total. The summed E-state index contributed by atoms with van der Waals surface area (Å²) in [5, 5.41) is 16.4. The van der Waals surface area contributed by atoms with E-state index in [1.807, 2.05) is 20.8 Å². The Labute approximate surface area is 191 Å². The number of nitrogens with one attached hydrogen (secondary N) is 3. The van der Waals surface area contributed by atoms with Crippen LogP contribution in [-0.2, 0) is 10.0 Å². The second-order valence-corrected chi connectivity index (χ2v) is 10.8. The minimum absolute atomic E-state index is 0.00849. The number of benzene rings is 2. The molecule has 9 heteroatoms. The molecule has 1 atom stereocenters. The van der Waals surface area contributed by atoms with Crippen molar-refractivity contribution in [2.75, 3.05) is 17.1 Å². The van der Waals surface area contributed by atoms with Gasteiger partial charge in [-0.3, -0.25) is 9.52 Å². The predicted octanol–water partition coefficient (Wildman–Crippen LogP) is 4.65. The topological polar surface area (TPSA) is 108 Å². The SMILES string of the molecule is CNC(=O)c1cc(C2CC2)cc(NS(=O)(=O)c2cc(Br)ccc2N[C@H](C)C(C)C)c1O. The van der Waals surface area contributed by atoms with Crippen molar-refractivity contribution < 1.29 is 18.3 Å². The number of halogens is 1. The summed E-state index contributed by atoms with van der Waals surface area (Å²) in [6.07, 6.45) is 1.94. The molecule has 0 bridgehead atoms. The van der Waals surface area contributed by atoms with E-state index in [0.717, 1.165) is 18.4 Å². The standard InChI is InChI=1S/C22H28BrN3O4S/c1-12(2)13(3)25-18-8-7-16(23)11-20(18)31(29,30)26-19-10-15(14-5-6-14)9-17(21(19)27)22(28)24-4/h7-14,25-27H,5-6H2,1-4H3,(H,24,28)/t13-/m1/s1. The van der Waals surface area contributed by atoms with Gasteiger partial charge >= 0.3 is 0 Å². The normalized spacial score (nSPS) is 14.9. The number of carbonyl (C=O) groups is 1. The van der Waals surface area contributed by atoms with E-state index in [9.17, 15) is 18.3 Å². The van der Waals surface area contributed by atoms with Crippen LogP contribution in [0.3, 0.4) is 0 Å². The van der Waals surface area contributed by atoms with Crippen molar-refractivity contribution in [1.29, 1.82) is 0 Å². The number of hydrogen-bond acceptors (Lipinski definition) is 5. The number of aromatic hydroxyl groups is 1.